The Balaban J connectivity index is 3.03. The number of amides is 1. The van der Waals surface area contributed by atoms with Crippen molar-refractivity contribution in [3.05, 3.63) is 23.8 Å². The van der Waals surface area contributed by atoms with Gasteiger partial charge in [-0.15, -0.1) is 0 Å². The fraction of sp³-hybridized carbons (Fsp3) is 0.462. The number of rotatable bonds is 4. The molecular formula is C13H19NO3. The van der Waals surface area contributed by atoms with Gasteiger partial charge < -0.3 is 14.7 Å². The van der Waals surface area contributed by atoms with E-state index in [2.05, 4.69) is 0 Å². The summed E-state index contributed by atoms with van der Waals surface area (Å²) in [6.07, 6.45) is 0. The van der Waals surface area contributed by atoms with Crippen molar-refractivity contribution in [2.75, 3.05) is 13.7 Å². The number of carbonyl (C=O) groups excluding carboxylic acids is 1. The zero-order valence-electron chi connectivity index (χ0n) is 10.7. The highest BCUT2D eigenvalue weighted by molar-refractivity contribution is 5.97. The lowest BCUT2D eigenvalue weighted by Crippen LogP contribution is -2.36. The van der Waals surface area contributed by atoms with Crippen LogP contribution < -0.4 is 4.74 Å². The highest BCUT2D eigenvalue weighted by atomic mass is 16.5. The molecule has 1 aromatic rings. The molecular weight excluding hydrogens is 218 g/mol. The molecule has 0 aliphatic rings. The Hall–Kier alpha value is -1.71. The number of nitrogens with zero attached hydrogens (tertiary/aromatic N) is 1. The van der Waals surface area contributed by atoms with Gasteiger partial charge in [0, 0.05) is 18.7 Å². The van der Waals surface area contributed by atoms with Crippen molar-refractivity contribution in [1.29, 1.82) is 0 Å². The summed E-state index contributed by atoms with van der Waals surface area (Å²) < 4.78 is 4.98. The minimum Gasteiger partial charge on any atom is -0.507 e. The lowest BCUT2D eigenvalue weighted by atomic mass is 10.1. The van der Waals surface area contributed by atoms with E-state index in [9.17, 15) is 9.90 Å². The summed E-state index contributed by atoms with van der Waals surface area (Å²) in [5, 5.41) is 9.79. The fourth-order valence-electron chi connectivity index (χ4n) is 1.72. The van der Waals surface area contributed by atoms with E-state index in [-0.39, 0.29) is 17.7 Å². The molecule has 1 N–H and O–H groups in total. The molecule has 0 aliphatic heterocycles. The maximum Gasteiger partial charge on any atom is 0.257 e. The summed E-state index contributed by atoms with van der Waals surface area (Å²) in [4.78, 5) is 13.9. The summed E-state index contributed by atoms with van der Waals surface area (Å²) in [5.41, 5.74) is 0.307. The van der Waals surface area contributed by atoms with Crippen LogP contribution in [-0.2, 0) is 0 Å². The monoisotopic (exact) mass is 237 g/mol. The molecule has 94 valence electrons. The molecule has 0 heterocycles. The second kappa shape index (κ2) is 5.57. The maximum absolute atomic E-state index is 12.2. The van der Waals surface area contributed by atoms with Crippen LogP contribution in [-0.4, -0.2) is 35.6 Å². The topological polar surface area (TPSA) is 49.8 Å². The minimum atomic E-state index is -0.164. The van der Waals surface area contributed by atoms with Crippen LogP contribution in [0.3, 0.4) is 0 Å². The third kappa shape index (κ3) is 2.90. The number of ether oxygens (including phenoxy) is 1. The molecule has 0 spiro atoms. The summed E-state index contributed by atoms with van der Waals surface area (Å²) in [6.45, 7) is 6.42. The molecule has 1 rings (SSSR count). The van der Waals surface area contributed by atoms with Crippen LogP contribution in [0.5, 0.6) is 11.5 Å². The van der Waals surface area contributed by atoms with Crippen LogP contribution in [0.25, 0.3) is 0 Å². The fourth-order valence-corrected chi connectivity index (χ4v) is 1.72. The van der Waals surface area contributed by atoms with E-state index in [1.54, 1.807) is 17.0 Å². The lowest BCUT2D eigenvalue weighted by molar-refractivity contribution is 0.0714. The Kier molecular flexibility index (Phi) is 4.37. The van der Waals surface area contributed by atoms with Crippen LogP contribution in [0.1, 0.15) is 31.1 Å². The minimum absolute atomic E-state index is 0.0477. The molecule has 0 unspecified atom stereocenters. The van der Waals surface area contributed by atoms with Gasteiger partial charge in [0.2, 0.25) is 0 Å². The van der Waals surface area contributed by atoms with E-state index < -0.39 is 0 Å². The smallest absolute Gasteiger partial charge is 0.257 e. The zero-order valence-corrected chi connectivity index (χ0v) is 10.7. The third-order valence-electron chi connectivity index (χ3n) is 2.66. The van der Waals surface area contributed by atoms with Gasteiger partial charge in [-0.1, -0.05) is 0 Å². The lowest BCUT2D eigenvalue weighted by Gasteiger charge is -2.25. The predicted molar refractivity (Wildman–Crippen MR) is 66.5 cm³/mol. The third-order valence-corrected chi connectivity index (χ3v) is 2.66. The number of hydrogen-bond donors (Lipinski definition) is 1. The first-order valence-electron chi connectivity index (χ1n) is 5.69. The SMILES string of the molecule is CCN(C(=O)c1ccc(OC)cc1O)C(C)C. The number of benzene rings is 1. The van der Waals surface area contributed by atoms with Crippen LogP contribution in [0.15, 0.2) is 18.2 Å². The molecule has 0 aromatic heterocycles. The summed E-state index contributed by atoms with van der Waals surface area (Å²) in [6, 6.07) is 4.80. The van der Waals surface area contributed by atoms with Gasteiger partial charge >= 0.3 is 0 Å². The van der Waals surface area contributed by atoms with Gasteiger partial charge in [0.05, 0.1) is 12.7 Å². The predicted octanol–water partition coefficient (Wildman–Crippen LogP) is 2.27. The van der Waals surface area contributed by atoms with Crippen LogP contribution in [0.2, 0.25) is 0 Å². The van der Waals surface area contributed by atoms with Gasteiger partial charge in [-0.05, 0) is 32.9 Å². The molecule has 0 saturated carbocycles. The van der Waals surface area contributed by atoms with E-state index in [1.807, 2.05) is 20.8 Å². The molecule has 4 heteroatoms. The molecule has 0 fully saturated rings. The number of aromatic hydroxyl groups is 1. The van der Waals surface area contributed by atoms with Gasteiger partial charge in [-0.3, -0.25) is 4.79 Å². The number of hydrogen-bond acceptors (Lipinski definition) is 3. The maximum atomic E-state index is 12.2. The average Bonchev–Trinajstić information content (AvgIpc) is 2.28. The Labute approximate surface area is 102 Å². The number of carbonyl (C=O) groups is 1. The molecule has 1 aromatic carbocycles. The zero-order chi connectivity index (χ0) is 13.0. The van der Waals surface area contributed by atoms with E-state index in [4.69, 9.17) is 4.74 Å². The second-order valence-electron chi connectivity index (χ2n) is 4.07. The van der Waals surface area contributed by atoms with E-state index in [0.29, 0.717) is 17.9 Å². The second-order valence-corrected chi connectivity index (χ2v) is 4.07. The molecule has 0 bridgehead atoms. The number of phenols is 1. The van der Waals surface area contributed by atoms with Gasteiger partial charge in [0.25, 0.3) is 5.91 Å². The molecule has 0 atom stereocenters. The molecule has 0 aliphatic carbocycles. The van der Waals surface area contributed by atoms with Gasteiger partial charge in [-0.2, -0.15) is 0 Å². The van der Waals surface area contributed by atoms with Gasteiger partial charge in [-0.25, -0.2) is 0 Å². The Morgan fingerprint density at radius 1 is 1.47 bits per heavy atom. The summed E-state index contributed by atoms with van der Waals surface area (Å²) in [5.74, 6) is 0.322. The average molecular weight is 237 g/mol. The first kappa shape index (κ1) is 13.4. The molecule has 1 amide bonds. The normalized spacial score (nSPS) is 10.4. The Morgan fingerprint density at radius 3 is 2.53 bits per heavy atom. The summed E-state index contributed by atoms with van der Waals surface area (Å²) >= 11 is 0. The van der Waals surface area contributed by atoms with Crippen molar-refractivity contribution in [2.45, 2.75) is 26.8 Å². The first-order valence-corrected chi connectivity index (χ1v) is 5.69. The van der Waals surface area contributed by atoms with Crippen LogP contribution in [0, 0.1) is 0 Å². The quantitative estimate of drug-likeness (QED) is 0.874. The largest absolute Gasteiger partial charge is 0.507 e. The van der Waals surface area contributed by atoms with Crippen molar-refractivity contribution >= 4 is 5.91 Å². The number of methoxy groups -OCH3 is 1. The first-order chi connectivity index (χ1) is 8.01. The Bertz CT molecular complexity index is 402. The highest BCUT2D eigenvalue weighted by Crippen LogP contribution is 2.25. The molecule has 0 saturated heterocycles. The van der Waals surface area contributed by atoms with Crippen molar-refractivity contribution < 1.29 is 14.6 Å². The van der Waals surface area contributed by atoms with E-state index in [1.165, 1.54) is 13.2 Å². The Morgan fingerprint density at radius 2 is 2.12 bits per heavy atom. The van der Waals surface area contributed by atoms with E-state index in [0.717, 1.165) is 0 Å². The van der Waals surface area contributed by atoms with Crippen LogP contribution >= 0.6 is 0 Å². The molecule has 0 radical (unpaired) electrons. The highest BCUT2D eigenvalue weighted by Gasteiger charge is 2.20. The van der Waals surface area contributed by atoms with Gasteiger partial charge in [0.1, 0.15) is 11.5 Å². The van der Waals surface area contributed by atoms with Crippen molar-refractivity contribution in [3.8, 4) is 11.5 Å². The van der Waals surface area contributed by atoms with Crippen molar-refractivity contribution in [2.24, 2.45) is 0 Å². The van der Waals surface area contributed by atoms with Crippen LogP contribution in [0.4, 0.5) is 0 Å². The van der Waals surface area contributed by atoms with E-state index >= 15 is 0 Å². The van der Waals surface area contributed by atoms with Crippen molar-refractivity contribution in [1.82, 2.24) is 4.90 Å². The summed E-state index contributed by atoms with van der Waals surface area (Å²) in [7, 11) is 1.52. The van der Waals surface area contributed by atoms with Crippen molar-refractivity contribution in [3.63, 3.8) is 0 Å². The molecule has 17 heavy (non-hydrogen) atoms. The number of phenolic OH excluding ortho intramolecular Hbond substituents is 1. The van der Waals surface area contributed by atoms with Gasteiger partial charge in [0.15, 0.2) is 0 Å². The standard InChI is InChI=1S/C13H19NO3/c1-5-14(9(2)3)13(16)11-7-6-10(17-4)8-12(11)15/h6-9,15H,5H2,1-4H3. The molecule has 4 nitrogen and oxygen atoms in total.